The van der Waals surface area contributed by atoms with Gasteiger partial charge in [0.15, 0.2) is 0 Å². The van der Waals surface area contributed by atoms with Crippen LogP contribution in [0.5, 0.6) is 0 Å². The van der Waals surface area contributed by atoms with Gasteiger partial charge in [-0.25, -0.2) is 4.67 Å². The molecule has 148 valence electrons. The third-order valence-corrected chi connectivity index (χ3v) is 6.34. The Morgan fingerprint density at radius 1 is 1.20 bits per heavy atom. The van der Waals surface area contributed by atoms with Gasteiger partial charge in [-0.2, -0.15) is 0 Å². The van der Waals surface area contributed by atoms with E-state index < -0.39 is 8.53 Å². The fourth-order valence-electron chi connectivity index (χ4n) is 3.05. The molecule has 0 aromatic carbocycles. The van der Waals surface area contributed by atoms with Crippen molar-refractivity contribution in [3.05, 3.63) is 0 Å². The lowest BCUT2D eigenvalue weighted by Gasteiger charge is -2.36. The van der Waals surface area contributed by atoms with Crippen LogP contribution in [0.15, 0.2) is 0 Å². The van der Waals surface area contributed by atoms with Crippen LogP contribution in [-0.4, -0.2) is 60.2 Å². The quantitative estimate of drug-likeness (QED) is 0.539. The maximum atomic E-state index is 12.4. The van der Waals surface area contributed by atoms with Gasteiger partial charge in [-0.05, 0) is 34.1 Å². The predicted octanol–water partition coefficient (Wildman–Crippen LogP) is 4.00. The van der Waals surface area contributed by atoms with Crippen molar-refractivity contribution in [2.45, 2.75) is 85.7 Å². The van der Waals surface area contributed by atoms with E-state index >= 15 is 0 Å². The van der Waals surface area contributed by atoms with Crippen molar-refractivity contribution >= 4 is 14.4 Å². The third kappa shape index (κ3) is 6.44. The molecule has 0 aromatic heterocycles. The molecule has 0 aliphatic carbocycles. The van der Waals surface area contributed by atoms with Gasteiger partial charge in [0.25, 0.3) is 8.53 Å². The first-order chi connectivity index (χ1) is 11.7. The second kappa shape index (κ2) is 10.8. The summed E-state index contributed by atoms with van der Waals surface area (Å²) < 4.78 is 20.3. The molecule has 3 atom stereocenters. The molecule has 25 heavy (non-hydrogen) atoms. The molecule has 1 rings (SSSR count). The number of ether oxygens (including phenoxy) is 1. The smallest absolute Gasteiger partial charge is 0.259 e. The normalized spacial score (nSPS) is 22.6. The lowest BCUT2D eigenvalue weighted by molar-refractivity contribution is -0.143. The van der Waals surface area contributed by atoms with Crippen molar-refractivity contribution in [1.82, 2.24) is 9.57 Å². The molecule has 1 aliphatic rings. The standard InChI is InChI=1S/C18H37N2O4P/c1-9-10-23-25(20(14(4)5)15(6)7)24-16-11-17(22-8)19(12-16)18(21)13(2)3/h13-17H,9-12H2,1-8H3. The minimum Gasteiger partial charge on any atom is -0.361 e. The van der Waals surface area contributed by atoms with Crippen molar-refractivity contribution in [3.63, 3.8) is 0 Å². The summed E-state index contributed by atoms with van der Waals surface area (Å²) in [6.45, 7) is 15.8. The van der Waals surface area contributed by atoms with Crippen molar-refractivity contribution < 1.29 is 18.6 Å². The Morgan fingerprint density at radius 2 is 1.80 bits per heavy atom. The maximum Gasteiger partial charge on any atom is 0.259 e. The van der Waals surface area contributed by atoms with Crippen molar-refractivity contribution in [2.24, 2.45) is 5.92 Å². The minimum absolute atomic E-state index is 0.0444. The molecule has 0 saturated carbocycles. The molecular formula is C18H37N2O4P. The zero-order chi connectivity index (χ0) is 19.1. The molecule has 0 spiro atoms. The van der Waals surface area contributed by atoms with Crippen LogP contribution in [0.2, 0.25) is 0 Å². The number of carbonyl (C=O) groups is 1. The van der Waals surface area contributed by atoms with Gasteiger partial charge in [-0.15, -0.1) is 0 Å². The first kappa shape index (κ1) is 22.8. The fraction of sp³-hybridized carbons (Fsp3) is 0.944. The molecule has 1 heterocycles. The summed E-state index contributed by atoms with van der Waals surface area (Å²) in [5.74, 6) is 0.0680. The molecule has 1 aliphatic heterocycles. The van der Waals surface area contributed by atoms with Gasteiger partial charge >= 0.3 is 0 Å². The topological polar surface area (TPSA) is 51.2 Å². The molecule has 0 N–H and O–H groups in total. The monoisotopic (exact) mass is 376 g/mol. The Labute approximate surface area is 155 Å². The summed E-state index contributed by atoms with van der Waals surface area (Å²) in [7, 11) is 0.494. The molecule has 6 nitrogen and oxygen atoms in total. The summed E-state index contributed by atoms with van der Waals surface area (Å²) in [5.41, 5.74) is 0. The van der Waals surface area contributed by atoms with Crippen LogP contribution in [0, 0.1) is 5.92 Å². The van der Waals surface area contributed by atoms with E-state index in [-0.39, 0.29) is 24.2 Å². The highest BCUT2D eigenvalue weighted by Crippen LogP contribution is 2.48. The Kier molecular flexibility index (Phi) is 9.83. The highest BCUT2D eigenvalue weighted by atomic mass is 31.2. The summed E-state index contributed by atoms with van der Waals surface area (Å²) in [6.07, 6.45) is 1.37. The molecule has 0 aromatic rings. The zero-order valence-corrected chi connectivity index (χ0v) is 18.1. The van der Waals surface area contributed by atoms with E-state index in [2.05, 4.69) is 39.3 Å². The van der Waals surface area contributed by atoms with Crippen LogP contribution in [0.4, 0.5) is 0 Å². The van der Waals surface area contributed by atoms with Crippen LogP contribution < -0.4 is 0 Å². The SMILES string of the molecule is CCCOP(OC1CC(OC)N(C(=O)C(C)C)C1)N(C(C)C)C(C)C. The molecular weight excluding hydrogens is 339 g/mol. The largest absolute Gasteiger partial charge is 0.361 e. The number of amides is 1. The summed E-state index contributed by atoms with van der Waals surface area (Å²) >= 11 is 0. The zero-order valence-electron chi connectivity index (χ0n) is 17.2. The van der Waals surface area contributed by atoms with E-state index in [1.54, 1.807) is 12.0 Å². The van der Waals surface area contributed by atoms with Crippen molar-refractivity contribution in [3.8, 4) is 0 Å². The number of hydrogen-bond acceptors (Lipinski definition) is 5. The van der Waals surface area contributed by atoms with Gasteiger partial charge in [-0.1, -0.05) is 20.8 Å². The van der Waals surface area contributed by atoms with Gasteiger partial charge in [0, 0.05) is 31.5 Å². The molecule has 0 radical (unpaired) electrons. The molecule has 0 bridgehead atoms. The van der Waals surface area contributed by atoms with E-state index in [1.807, 2.05) is 13.8 Å². The Balaban J connectivity index is 2.84. The van der Waals surface area contributed by atoms with Gasteiger partial charge in [-0.3, -0.25) is 4.79 Å². The second-order valence-corrected chi connectivity index (χ2v) is 8.84. The van der Waals surface area contributed by atoms with Crippen LogP contribution in [0.25, 0.3) is 0 Å². The van der Waals surface area contributed by atoms with Gasteiger partial charge in [0.05, 0.1) is 19.3 Å². The van der Waals surface area contributed by atoms with E-state index in [0.717, 1.165) is 6.42 Å². The number of carbonyl (C=O) groups excluding carboxylic acids is 1. The van der Waals surface area contributed by atoms with E-state index in [4.69, 9.17) is 13.8 Å². The summed E-state index contributed by atoms with van der Waals surface area (Å²) in [6, 6.07) is 0.659. The average molecular weight is 376 g/mol. The lowest BCUT2D eigenvalue weighted by atomic mass is 10.2. The maximum absolute atomic E-state index is 12.4. The van der Waals surface area contributed by atoms with Gasteiger partial charge < -0.3 is 18.7 Å². The highest BCUT2D eigenvalue weighted by Gasteiger charge is 2.40. The number of rotatable bonds is 10. The Bertz CT molecular complexity index is 399. The van der Waals surface area contributed by atoms with Crippen LogP contribution in [-0.2, 0) is 18.6 Å². The predicted molar refractivity (Wildman–Crippen MR) is 102 cm³/mol. The summed E-state index contributed by atoms with van der Waals surface area (Å²) in [4.78, 5) is 14.2. The van der Waals surface area contributed by atoms with Crippen LogP contribution in [0.1, 0.15) is 61.3 Å². The van der Waals surface area contributed by atoms with E-state index in [9.17, 15) is 4.79 Å². The van der Waals surface area contributed by atoms with Crippen molar-refractivity contribution in [1.29, 1.82) is 0 Å². The first-order valence-electron chi connectivity index (χ1n) is 9.44. The Morgan fingerprint density at radius 3 is 2.24 bits per heavy atom. The minimum atomic E-state index is -1.16. The molecule has 3 unspecified atom stereocenters. The van der Waals surface area contributed by atoms with Crippen molar-refractivity contribution in [2.75, 3.05) is 20.3 Å². The van der Waals surface area contributed by atoms with E-state index in [1.165, 1.54) is 0 Å². The molecule has 7 heteroatoms. The van der Waals surface area contributed by atoms with Crippen LogP contribution in [0.3, 0.4) is 0 Å². The van der Waals surface area contributed by atoms with E-state index in [0.29, 0.717) is 31.7 Å². The average Bonchev–Trinajstić information content (AvgIpc) is 2.93. The number of nitrogens with zero attached hydrogens (tertiary/aromatic N) is 2. The number of likely N-dealkylation sites (tertiary alicyclic amines) is 1. The lowest BCUT2D eigenvalue weighted by Crippen LogP contribution is -2.39. The summed E-state index contributed by atoms with van der Waals surface area (Å²) in [5, 5.41) is 0. The van der Waals surface area contributed by atoms with Crippen LogP contribution >= 0.6 is 8.53 Å². The Hall–Kier alpha value is -0.260. The number of hydrogen-bond donors (Lipinski definition) is 0. The highest BCUT2D eigenvalue weighted by molar-refractivity contribution is 7.44. The van der Waals surface area contributed by atoms with Gasteiger partial charge in [0.1, 0.15) is 6.23 Å². The first-order valence-corrected chi connectivity index (χ1v) is 10.6. The second-order valence-electron chi connectivity index (χ2n) is 7.44. The molecule has 1 amide bonds. The third-order valence-electron chi connectivity index (χ3n) is 4.15. The van der Waals surface area contributed by atoms with Gasteiger partial charge in [0.2, 0.25) is 5.91 Å². The molecule has 1 saturated heterocycles. The number of methoxy groups -OCH3 is 1. The molecule has 1 fully saturated rings. The fourth-order valence-corrected chi connectivity index (χ4v) is 4.85.